The Hall–Kier alpha value is -2.89. The van der Waals surface area contributed by atoms with E-state index in [9.17, 15) is 9.59 Å². The molecule has 0 spiro atoms. The van der Waals surface area contributed by atoms with Crippen LogP contribution in [0.1, 0.15) is 43.4 Å². The average molecular weight is 405 g/mol. The Kier molecular flexibility index (Phi) is 4.93. The van der Waals surface area contributed by atoms with Crippen LogP contribution >= 0.6 is 0 Å². The third-order valence-electron chi connectivity index (χ3n) is 6.69. The first-order chi connectivity index (χ1) is 14.6. The maximum atomic E-state index is 13.6. The Morgan fingerprint density at radius 2 is 1.77 bits per heavy atom. The standard InChI is InChI=1S/C24H28N4O2/c1-17-11-12-18(13-25-17)14-26-15-22-24(30)27(19-7-3-2-4-8-19)16-23(29)28(22)21-10-6-5-9-20(21)26/h5-6,9-13,19,22H,2-4,7-8,14-16H2,1H3. The minimum Gasteiger partial charge on any atom is -0.363 e. The molecule has 6 heteroatoms. The maximum absolute atomic E-state index is 13.6. The molecule has 1 unspecified atom stereocenters. The monoisotopic (exact) mass is 404 g/mol. The molecule has 1 aromatic heterocycles. The van der Waals surface area contributed by atoms with Crippen LogP contribution < -0.4 is 9.80 Å². The second kappa shape index (κ2) is 7.74. The first kappa shape index (κ1) is 19.1. The number of carbonyl (C=O) groups is 2. The first-order valence-electron chi connectivity index (χ1n) is 11.0. The zero-order valence-corrected chi connectivity index (χ0v) is 17.5. The van der Waals surface area contributed by atoms with E-state index in [0.717, 1.165) is 48.3 Å². The summed E-state index contributed by atoms with van der Waals surface area (Å²) in [4.78, 5) is 37.0. The third-order valence-corrected chi connectivity index (χ3v) is 6.69. The summed E-state index contributed by atoms with van der Waals surface area (Å²) in [6.07, 6.45) is 7.45. The lowest BCUT2D eigenvalue weighted by atomic mass is 9.92. The van der Waals surface area contributed by atoms with Crippen molar-refractivity contribution in [1.82, 2.24) is 9.88 Å². The first-order valence-corrected chi connectivity index (χ1v) is 11.0. The number of hydrogen-bond donors (Lipinski definition) is 0. The van der Waals surface area contributed by atoms with E-state index < -0.39 is 6.04 Å². The van der Waals surface area contributed by atoms with Gasteiger partial charge in [-0.1, -0.05) is 37.5 Å². The van der Waals surface area contributed by atoms with Gasteiger partial charge in [0.1, 0.15) is 12.6 Å². The highest BCUT2D eigenvalue weighted by Crippen LogP contribution is 2.39. The minimum atomic E-state index is -0.457. The molecule has 1 atom stereocenters. The fraction of sp³-hybridized carbons (Fsp3) is 0.458. The average Bonchev–Trinajstić information content (AvgIpc) is 2.78. The Bertz CT molecular complexity index is 952. The van der Waals surface area contributed by atoms with Crippen LogP contribution in [-0.4, -0.2) is 46.9 Å². The van der Waals surface area contributed by atoms with Crippen LogP contribution in [-0.2, 0) is 16.1 Å². The van der Waals surface area contributed by atoms with Gasteiger partial charge in [0.15, 0.2) is 0 Å². The molecular formula is C24H28N4O2. The molecule has 1 aromatic carbocycles. The van der Waals surface area contributed by atoms with Crippen molar-refractivity contribution in [1.29, 1.82) is 0 Å². The van der Waals surface area contributed by atoms with E-state index in [-0.39, 0.29) is 24.4 Å². The predicted octanol–water partition coefficient (Wildman–Crippen LogP) is 3.29. The van der Waals surface area contributed by atoms with Crippen LogP contribution in [0.5, 0.6) is 0 Å². The minimum absolute atomic E-state index is 0.0364. The van der Waals surface area contributed by atoms with E-state index in [1.165, 1.54) is 6.42 Å². The lowest BCUT2D eigenvalue weighted by molar-refractivity contribution is -0.144. The molecule has 1 saturated carbocycles. The number of benzene rings is 1. The molecule has 2 aromatic rings. The van der Waals surface area contributed by atoms with Crippen LogP contribution in [0, 0.1) is 6.92 Å². The van der Waals surface area contributed by atoms with Crippen molar-refractivity contribution < 1.29 is 9.59 Å². The van der Waals surface area contributed by atoms with Gasteiger partial charge in [-0.25, -0.2) is 0 Å². The van der Waals surface area contributed by atoms with Crippen LogP contribution in [0.4, 0.5) is 11.4 Å². The summed E-state index contributed by atoms with van der Waals surface area (Å²) in [6, 6.07) is 11.8. The van der Waals surface area contributed by atoms with Gasteiger partial charge in [0.05, 0.1) is 11.4 Å². The van der Waals surface area contributed by atoms with E-state index >= 15 is 0 Å². The molecule has 30 heavy (non-hydrogen) atoms. The largest absolute Gasteiger partial charge is 0.363 e. The molecule has 1 saturated heterocycles. The molecule has 3 heterocycles. The molecule has 0 N–H and O–H groups in total. The number of aromatic nitrogens is 1. The topological polar surface area (TPSA) is 56.8 Å². The Balaban J connectivity index is 1.47. The second-order valence-electron chi connectivity index (χ2n) is 8.71. The number of para-hydroxylation sites is 2. The van der Waals surface area contributed by atoms with Crippen molar-refractivity contribution in [3.8, 4) is 0 Å². The van der Waals surface area contributed by atoms with Crippen LogP contribution in [0.15, 0.2) is 42.6 Å². The number of piperazine rings is 1. The Morgan fingerprint density at radius 3 is 2.50 bits per heavy atom. The van der Waals surface area contributed by atoms with E-state index in [2.05, 4.69) is 16.0 Å². The maximum Gasteiger partial charge on any atom is 0.248 e. The summed E-state index contributed by atoms with van der Waals surface area (Å²) >= 11 is 0. The Morgan fingerprint density at radius 1 is 1.00 bits per heavy atom. The van der Waals surface area contributed by atoms with Crippen molar-refractivity contribution >= 4 is 23.2 Å². The summed E-state index contributed by atoms with van der Waals surface area (Å²) in [6.45, 7) is 3.36. The highest BCUT2D eigenvalue weighted by Gasteiger charge is 2.46. The van der Waals surface area contributed by atoms with Gasteiger partial charge in [0, 0.05) is 31.0 Å². The van der Waals surface area contributed by atoms with Crippen molar-refractivity contribution in [3.63, 3.8) is 0 Å². The Labute approximate surface area is 177 Å². The summed E-state index contributed by atoms with van der Waals surface area (Å²) in [7, 11) is 0. The van der Waals surface area contributed by atoms with Crippen LogP contribution in [0.3, 0.4) is 0 Å². The molecule has 156 valence electrons. The highest BCUT2D eigenvalue weighted by molar-refractivity contribution is 6.09. The lowest BCUT2D eigenvalue weighted by Crippen LogP contribution is -2.67. The molecule has 3 aliphatic rings. The number of fused-ring (bicyclic) bond motifs is 3. The van der Waals surface area contributed by atoms with E-state index in [1.54, 1.807) is 4.90 Å². The summed E-state index contributed by atoms with van der Waals surface area (Å²) < 4.78 is 0. The summed E-state index contributed by atoms with van der Waals surface area (Å²) in [5, 5.41) is 0. The number of aryl methyl sites for hydroxylation is 1. The summed E-state index contributed by atoms with van der Waals surface area (Å²) in [5.41, 5.74) is 3.93. The van der Waals surface area contributed by atoms with Crippen LogP contribution in [0.25, 0.3) is 0 Å². The fourth-order valence-electron chi connectivity index (χ4n) is 5.14. The second-order valence-corrected chi connectivity index (χ2v) is 8.71. The van der Waals surface area contributed by atoms with E-state index in [4.69, 9.17) is 0 Å². The molecular weight excluding hydrogens is 376 g/mol. The van der Waals surface area contributed by atoms with E-state index in [0.29, 0.717) is 13.1 Å². The van der Waals surface area contributed by atoms with Gasteiger partial charge >= 0.3 is 0 Å². The molecule has 0 bridgehead atoms. The SMILES string of the molecule is Cc1ccc(CN2CC3C(=O)N(C4CCCCC4)CC(=O)N3c3ccccc32)cn1. The van der Waals surface area contributed by atoms with Gasteiger partial charge in [-0.15, -0.1) is 0 Å². The molecule has 0 radical (unpaired) electrons. The van der Waals surface area contributed by atoms with Gasteiger partial charge in [0.2, 0.25) is 11.8 Å². The molecule has 2 aliphatic heterocycles. The van der Waals surface area contributed by atoms with E-state index in [1.807, 2.05) is 48.4 Å². The van der Waals surface area contributed by atoms with Crippen molar-refractivity contribution in [2.75, 3.05) is 22.9 Å². The number of anilines is 2. The molecule has 2 amide bonds. The zero-order valence-electron chi connectivity index (χ0n) is 17.5. The number of hydrogen-bond acceptors (Lipinski definition) is 4. The smallest absolute Gasteiger partial charge is 0.248 e. The molecule has 6 nitrogen and oxygen atoms in total. The molecule has 2 fully saturated rings. The van der Waals surface area contributed by atoms with Gasteiger partial charge in [-0.3, -0.25) is 19.5 Å². The molecule has 1 aliphatic carbocycles. The van der Waals surface area contributed by atoms with Gasteiger partial charge in [0.25, 0.3) is 0 Å². The fourth-order valence-corrected chi connectivity index (χ4v) is 5.14. The number of amides is 2. The predicted molar refractivity (Wildman–Crippen MR) is 116 cm³/mol. The summed E-state index contributed by atoms with van der Waals surface area (Å²) in [5.74, 6) is 0.136. The molecule has 5 rings (SSSR count). The third kappa shape index (κ3) is 3.34. The number of rotatable bonds is 3. The lowest BCUT2D eigenvalue weighted by Gasteiger charge is -2.49. The van der Waals surface area contributed by atoms with Crippen molar-refractivity contribution in [2.45, 2.75) is 57.7 Å². The van der Waals surface area contributed by atoms with Crippen molar-refractivity contribution in [2.24, 2.45) is 0 Å². The number of pyridine rings is 1. The van der Waals surface area contributed by atoms with Gasteiger partial charge < -0.3 is 9.80 Å². The zero-order chi connectivity index (χ0) is 20.7. The highest BCUT2D eigenvalue weighted by atomic mass is 16.2. The number of nitrogens with zero attached hydrogens (tertiary/aromatic N) is 4. The number of carbonyl (C=O) groups excluding carboxylic acids is 2. The quantitative estimate of drug-likeness (QED) is 0.788. The normalized spacial score (nSPS) is 22.2. The van der Waals surface area contributed by atoms with Gasteiger partial charge in [-0.2, -0.15) is 0 Å². The van der Waals surface area contributed by atoms with Crippen LogP contribution in [0.2, 0.25) is 0 Å². The van der Waals surface area contributed by atoms with Gasteiger partial charge in [-0.05, 0) is 43.5 Å². The van der Waals surface area contributed by atoms with Crippen molar-refractivity contribution in [3.05, 3.63) is 53.9 Å².